The van der Waals surface area contributed by atoms with Crippen LogP contribution in [0.25, 0.3) is 0 Å². The monoisotopic (exact) mass is 331 g/mol. The van der Waals surface area contributed by atoms with Crippen molar-refractivity contribution in [3.8, 4) is 5.75 Å². The summed E-state index contributed by atoms with van der Waals surface area (Å²) in [6, 6.07) is 4.95. The van der Waals surface area contributed by atoms with Gasteiger partial charge in [0.1, 0.15) is 11.8 Å². The number of benzene rings is 1. The van der Waals surface area contributed by atoms with Crippen molar-refractivity contribution in [2.24, 2.45) is 5.73 Å². The van der Waals surface area contributed by atoms with Gasteiger partial charge in [-0.15, -0.1) is 0 Å². The molecule has 8 nitrogen and oxygen atoms in total. The molecule has 1 rings (SSSR count). The van der Waals surface area contributed by atoms with Gasteiger partial charge in [0.2, 0.25) is 0 Å². The highest BCUT2D eigenvalue weighted by atomic mass is 31.2. The number of hydrogen-bond donors (Lipinski definition) is 3. The first kappa shape index (κ1) is 18.2. The van der Waals surface area contributed by atoms with Gasteiger partial charge < -0.3 is 25.0 Å². The molecule has 4 N–H and O–H groups in total. The Kier molecular flexibility index (Phi) is 6.55. The zero-order valence-corrected chi connectivity index (χ0v) is 12.9. The summed E-state index contributed by atoms with van der Waals surface area (Å²) < 4.78 is 22.6. The van der Waals surface area contributed by atoms with E-state index in [1.54, 1.807) is 12.1 Å². The number of aliphatic carboxylic acids is 2. The van der Waals surface area contributed by atoms with Gasteiger partial charge in [0.15, 0.2) is 0 Å². The minimum absolute atomic E-state index is 0.0741. The molecule has 0 saturated heterocycles. The van der Waals surface area contributed by atoms with E-state index in [-0.39, 0.29) is 24.8 Å². The smallest absolute Gasteiger partial charge is 0.378 e. The Labute approximate surface area is 127 Å². The average Bonchev–Trinajstić information content (AvgIpc) is 2.44. The normalized spacial score (nSPS) is 14.8. The molecule has 9 heteroatoms. The lowest BCUT2D eigenvalue weighted by Gasteiger charge is -2.18. The maximum absolute atomic E-state index is 12.4. The molecule has 0 aromatic heterocycles. The number of hydrogen-bond acceptors (Lipinski definition) is 6. The second-order valence-corrected chi connectivity index (χ2v) is 6.78. The fraction of sp³-hybridized carbons (Fsp3) is 0.385. The maximum Gasteiger partial charge on any atom is 0.378 e. The Hall–Kier alpha value is -1.89. The molecule has 22 heavy (non-hydrogen) atoms. The van der Waals surface area contributed by atoms with Gasteiger partial charge in [-0.2, -0.15) is 0 Å². The van der Waals surface area contributed by atoms with Crippen LogP contribution in [0.1, 0.15) is 12.0 Å². The van der Waals surface area contributed by atoms with Gasteiger partial charge in [0.05, 0.1) is 12.6 Å². The molecular weight excluding hydrogens is 313 g/mol. The summed E-state index contributed by atoms with van der Waals surface area (Å²) in [5.41, 5.74) is 5.84. The highest BCUT2D eigenvalue weighted by Crippen LogP contribution is 2.48. The van der Waals surface area contributed by atoms with Gasteiger partial charge >= 0.3 is 19.5 Å². The molecule has 0 aliphatic heterocycles. The largest absolute Gasteiger partial charge is 0.481 e. The first-order chi connectivity index (χ1) is 10.3. The molecule has 0 unspecified atom stereocenters. The molecule has 122 valence electrons. The third kappa shape index (κ3) is 5.85. The summed E-state index contributed by atoms with van der Waals surface area (Å²) in [5.74, 6) is -2.02. The fourth-order valence-corrected chi connectivity index (χ4v) is 3.02. The third-order valence-corrected chi connectivity index (χ3v) is 4.66. The summed E-state index contributed by atoms with van der Waals surface area (Å²) in [5, 5.41) is 17.5. The van der Waals surface area contributed by atoms with Crippen LogP contribution in [0.2, 0.25) is 0 Å². The molecule has 0 spiro atoms. The van der Waals surface area contributed by atoms with Gasteiger partial charge in [-0.1, -0.05) is 12.1 Å². The maximum atomic E-state index is 12.4. The van der Waals surface area contributed by atoms with Crippen molar-refractivity contribution >= 4 is 19.5 Å². The molecule has 0 aliphatic rings. The summed E-state index contributed by atoms with van der Waals surface area (Å²) in [6.07, 6.45) is -0.437. The van der Waals surface area contributed by atoms with Crippen molar-refractivity contribution < 1.29 is 33.4 Å². The van der Waals surface area contributed by atoms with E-state index in [9.17, 15) is 14.2 Å². The van der Waals surface area contributed by atoms with E-state index >= 15 is 0 Å². The van der Waals surface area contributed by atoms with Crippen LogP contribution >= 0.6 is 7.60 Å². The Morgan fingerprint density at radius 1 is 1.36 bits per heavy atom. The third-order valence-electron chi connectivity index (χ3n) is 2.81. The lowest BCUT2D eigenvalue weighted by atomic mass is 10.1. The molecule has 2 atom stereocenters. The van der Waals surface area contributed by atoms with Crippen LogP contribution < -0.4 is 10.3 Å². The second kappa shape index (κ2) is 7.93. The standard InChI is InChI=1S/C13H18NO7P/c1-20-22(19,6-5-11(14)13(17)18)21-10-4-2-3-9(7-10)8-12(15)16/h2-4,7,11H,5-6,8,14H2,1H3,(H,15,16)(H,17,18)/t11-,22+/m0/s1. The lowest BCUT2D eigenvalue weighted by molar-refractivity contribution is -0.138. The van der Waals surface area contributed by atoms with Crippen molar-refractivity contribution in [1.29, 1.82) is 0 Å². The highest BCUT2D eigenvalue weighted by Gasteiger charge is 2.27. The number of carboxylic acid groups (broad SMARTS) is 2. The molecule has 1 aromatic carbocycles. The molecule has 1 aromatic rings. The summed E-state index contributed by atoms with van der Waals surface area (Å²) in [7, 11) is -2.37. The van der Waals surface area contributed by atoms with Gasteiger partial charge in [-0.3, -0.25) is 9.59 Å². The molecular formula is C13H18NO7P. The number of rotatable bonds is 9. The van der Waals surface area contributed by atoms with Crippen LogP contribution in [0.4, 0.5) is 0 Å². The summed E-state index contributed by atoms with van der Waals surface area (Å²) in [6.45, 7) is 0. The zero-order chi connectivity index (χ0) is 16.8. The van der Waals surface area contributed by atoms with Crippen molar-refractivity contribution in [1.82, 2.24) is 0 Å². The molecule has 0 radical (unpaired) electrons. The molecule has 0 fully saturated rings. The Morgan fingerprint density at radius 3 is 2.59 bits per heavy atom. The number of nitrogens with two attached hydrogens (primary N) is 1. The van der Waals surface area contributed by atoms with Crippen LogP contribution in [0.15, 0.2) is 24.3 Å². The summed E-state index contributed by atoms with van der Waals surface area (Å²) in [4.78, 5) is 21.3. The van der Waals surface area contributed by atoms with Crippen LogP contribution in [-0.2, 0) is 25.1 Å². The molecule has 0 saturated carbocycles. The summed E-state index contributed by atoms with van der Waals surface area (Å²) >= 11 is 0. The van der Waals surface area contributed by atoms with E-state index in [0.717, 1.165) is 0 Å². The van der Waals surface area contributed by atoms with E-state index in [1.165, 1.54) is 19.2 Å². The van der Waals surface area contributed by atoms with Gasteiger partial charge in [-0.05, 0) is 24.1 Å². The van der Waals surface area contributed by atoms with Crippen LogP contribution in [0, 0.1) is 0 Å². The Balaban J connectivity index is 2.78. The van der Waals surface area contributed by atoms with Gasteiger partial charge in [0.25, 0.3) is 0 Å². The van der Waals surface area contributed by atoms with Crippen molar-refractivity contribution in [3.63, 3.8) is 0 Å². The molecule has 0 amide bonds. The van der Waals surface area contributed by atoms with Crippen LogP contribution in [-0.4, -0.2) is 41.5 Å². The van der Waals surface area contributed by atoms with Gasteiger partial charge in [-0.25, -0.2) is 4.57 Å². The average molecular weight is 331 g/mol. The minimum atomic E-state index is -3.56. The lowest BCUT2D eigenvalue weighted by Crippen LogP contribution is -2.31. The topological polar surface area (TPSA) is 136 Å². The molecule has 0 bridgehead atoms. The van der Waals surface area contributed by atoms with Crippen molar-refractivity contribution in [2.45, 2.75) is 18.9 Å². The quantitative estimate of drug-likeness (QED) is 0.577. The first-order valence-electron chi connectivity index (χ1n) is 6.39. The number of carbonyl (C=O) groups is 2. The van der Waals surface area contributed by atoms with Gasteiger partial charge in [0, 0.05) is 7.11 Å². The molecule has 0 aliphatic carbocycles. The fourth-order valence-electron chi connectivity index (χ4n) is 1.64. The minimum Gasteiger partial charge on any atom is -0.481 e. The van der Waals surface area contributed by atoms with E-state index in [4.69, 9.17) is 25.0 Å². The van der Waals surface area contributed by atoms with E-state index in [1.807, 2.05) is 0 Å². The highest BCUT2D eigenvalue weighted by molar-refractivity contribution is 7.54. The van der Waals surface area contributed by atoms with Crippen molar-refractivity contribution in [2.75, 3.05) is 13.3 Å². The number of carboxylic acids is 2. The second-order valence-electron chi connectivity index (χ2n) is 4.56. The van der Waals surface area contributed by atoms with Crippen LogP contribution in [0.5, 0.6) is 5.75 Å². The first-order valence-corrected chi connectivity index (χ1v) is 8.12. The molecule has 0 heterocycles. The van der Waals surface area contributed by atoms with E-state index in [2.05, 4.69) is 0 Å². The van der Waals surface area contributed by atoms with Crippen molar-refractivity contribution in [3.05, 3.63) is 29.8 Å². The Morgan fingerprint density at radius 2 is 2.05 bits per heavy atom. The van der Waals surface area contributed by atoms with E-state index in [0.29, 0.717) is 5.56 Å². The Bertz CT molecular complexity index is 590. The predicted molar refractivity (Wildman–Crippen MR) is 78.1 cm³/mol. The predicted octanol–water partition coefficient (Wildman–Crippen LogP) is 1.33. The zero-order valence-electron chi connectivity index (χ0n) is 12.0. The van der Waals surface area contributed by atoms with Crippen LogP contribution in [0.3, 0.4) is 0 Å². The van der Waals surface area contributed by atoms with E-state index < -0.39 is 25.6 Å². The SMILES string of the molecule is CO[P@](=O)(CC[C@H](N)C(=O)O)Oc1cccc(CC(=O)O)c1.